The Balaban J connectivity index is 1.69. The van der Waals surface area contributed by atoms with Gasteiger partial charge in [0.25, 0.3) is 0 Å². The van der Waals surface area contributed by atoms with Crippen molar-refractivity contribution in [3.63, 3.8) is 0 Å². The van der Waals surface area contributed by atoms with E-state index in [0.717, 1.165) is 60.0 Å². The number of ketones is 1. The summed E-state index contributed by atoms with van der Waals surface area (Å²) >= 11 is 0. The standard InChI is InChI=1S/C91H141N5O11/c1-17-55-103-59-62-106-58-47-84(98)92-53-28-56-104-60-63-107-64-61-105-57-29-54-95-88(102)78(39-18-20-51-93-85(99)65-72(5)33-22-30-69(2)41-44-79-75(8)36-25-48-89(79,11)12)68-83(97)82(96-87(101)67-74(7)35-24-32-71(4)43-46-81-77(10)38-27-50-91(81,15)16)40-19-21-52-94-86(100)66-73(6)34-23-31-70(3)42-45-80-76(9)37-26-49-90(80,13)14/h22-24,30-35,41-46,65-67,78,82H,17-21,25-29,36-40,47-64,68H2,1-16H3,(H,92,98)(H,93,99)(H,94,100)(H,95,102)(H,96,101)/b33-22+,34-23+,35-24+,44-41+,45-42+,46-43+,69-30+,70-31+,71-32+,72-65+,73-66+,74-67+/t78-,82+/m0/s1. The molecule has 0 spiro atoms. The summed E-state index contributed by atoms with van der Waals surface area (Å²) in [7, 11) is 0. The number of hydrogen-bond acceptors (Lipinski definition) is 11. The molecule has 0 saturated heterocycles. The van der Waals surface area contributed by atoms with Crippen LogP contribution in [0.15, 0.2) is 176 Å². The topological polar surface area (TPSA) is 209 Å². The number of rotatable bonds is 52. The van der Waals surface area contributed by atoms with E-state index in [1.54, 1.807) is 12.2 Å². The van der Waals surface area contributed by atoms with Gasteiger partial charge < -0.3 is 50.3 Å². The van der Waals surface area contributed by atoms with Gasteiger partial charge in [0.2, 0.25) is 29.5 Å². The zero-order chi connectivity index (χ0) is 78.9. The van der Waals surface area contributed by atoms with Crippen LogP contribution in [0, 0.1) is 22.2 Å². The summed E-state index contributed by atoms with van der Waals surface area (Å²) in [6, 6.07) is -0.904. The van der Waals surface area contributed by atoms with Gasteiger partial charge in [-0.2, -0.15) is 0 Å². The molecule has 0 bridgehead atoms. The number of Topliss-reactive ketones (excluding diaryl/α,β-unsaturated/α-hetero) is 1. The number of carbonyl (C=O) groups is 6. The minimum Gasteiger partial charge on any atom is -0.379 e. The van der Waals surface area contributed by atoms with Crippen LogP contribution >= 0.6 is 0 Å². The second kappa shape index (κ2) is 53.7. The zero-order valence-electron chi connectivity index (χ0n) is 69.1. The number of nitrogens with one attached hydrogen (secondary N) is 5. The van der Waals surface area contributed by atoms with Gasteiger partial charge in [-0.1, -0.05) is 179 Å². The van der Waals surface area contributed by atoms with E-state index in [4.69, 9.17) is 23.7 Å². The van der Waals surface area contributed by atoms with Gasteiger partial charge >= 0.3 is 0 Å². The van der Waals surface area contributed by atoms with Crippen molar-refractivity contribution >= 4 is 35.3 Å². The second-order valence-corrected chi connectivity index (χ2v) is 31.4. The normalized spacial score (nSPS) is 17.8. The molecule has 16 heteroatoms. The predicted molar refractivity (Wildman–Crippen MR) is 441 cm³/mol. The molecule has 0 saturated carbocycles. The number of allylic oxidation sites excluding steroid dienone is 27. The molecule has 5 N–H and O–H groups in total. The maximum atomic E-state index is 14.7. The fourth-order valence-corrected chi connectivity index (χ4v) is 13.6. The highest BCUT2D eigenvalue weighted by molar-refractivity contribution is 5.96. The lowest BCUT2D eigenvalue weighted by Gasteiger charge is -2.33. The van der Waals surface area contributed by atoms with Crippen LogP contribution in [0.2, 0.25) is 0 Å². The van der Waals surface area contributed by atoms with E-state index >= 15 is 0 Å². The number of carbonyl (C=O) groups excluding carboxylic acids is 6. The van der Waals surface area contributed by atoms with Gasteiger partial charge in [-0.15, -0.1) is 0 Å². The van der Waals surface area contributed by atoms with Crippen LogP contribution in [0.25, 0.3) is 0 Å². The first kappa shape index (κ1) is 94.1. The number of unbranched alkanes of at least 4 members (excludes halogenated alkanes) is 2. The molecule has 0 radical (unpaired) electrons. The third kappa shape index (κ3) is 42.5. The molecule has 0 heterocycles. The van der Waals surface area contributed by atoms with Crippen molar-refractivity contribution in [2.75, 3.05) is 92.2 Å². The van der Waals surface area contributed by atoms with E-state index in [1.165, 1.54) is 71.6 Å². The highest BCUT2D eigenvalue weighted by Crippen LogP contribution is 2.43. The van der Waals surface area contributed by atoms with Crippen molar-refractivity contribution < 1.29 is 52.5 Å². The lowest BCUT2D eigenvalue weighted by molar-refractivity contribution is -0.131. The van der Waals surface area contributed by atoms with E-state index in [9.17, 15) is 28.8 Å². The number of hydrogen-bond donors (Lipinski definition) is 5. The van der Waals surface area contributed by atoms with Gasteiger partial charge in [-0.25, -0.2) is 0 Å². The van der Waals surface area contributed by atoms with Crippen LogP contribution in [0.1, 0.15) is 239 Å². The first-order valence-corrected chi connectivity index (χ1v) is 40.1. The first-order chi connectivity index (χ1) is 51.0. The molecule has 2 atom stereocenters. The Hall–Kier alpha value is -7.08. The highest BCUT2D eigenvalue weighted by Gasteiger charge is 2.30. The van der Waals surface area contributed by atoms with Gasteiger partial charge in [0.1, 0.15) is 0 Å². The summed E-state index contributed by atoms with van der Waals surface area (Å²) < 4.78 is 28.0. The third-order valence-electron chi connectivity index (χ3n) is 19.9. The van der Waals surface area contributed by atoms with Crippen LogP contribution in [-0.2, 0) is 52.5 Å². The average Bonchev–Trinajstić information content (AvgIpc) is 0.835. The number of amides is 5. The first-order valence-electron chi connectivity index (χ1n) is 40.1. The SMILES string of the molecule is CCCOCCOCCC(=O)NCCCOCCOCCOCCCNC(=O)[C@@H](CCCCNC(=O)/C=C(C)/C=C/C=C(C)/C=C/C1=C(C)CCCC1(C)C)CC(=O)[C@@H](CCCCNC(=O)/C=C(C)/C=C/C=C(C)/C=C/C1=C(C)CCCC1(C)C)NC(=O)/C=C(C)/C=C/C=C(C)/C=C/C1=C(C)CCCC1(C)C. The largest absolute Gasteiger partial charge is 0.379 e. The van der Waals surface area contributed by atoms with E-state index in [2.05, 4.69) is 153 Å². The van der Waals surface area contributed by atoms with Crippen molar-refractivity contribution in [1.29, 1.82) is 0 Å². The molecule has 107 heavy (non-hydrogen) atoms. The van der Waals surface area contributed by atoms with Gasteiger partial charge in [0, 0.05) is 83.0 Å². The molecule has 0 unspecified atom stereocenters. The van der Waals surface area contributed by atoms with Crippen molar-refractivity contribution in [3.05, 3.63) is 176 Å². The molecule has 16 nitrogen and oxygen atoms in total. The van der Waals surface area contributed by atoms with Crippen LogP contribution in [-0.4, -0.2) is 134 Å². The quantitative estimate of drug-likeness (QED) is 0.0220. The van der Waals surface area contributed by atoms with E-state index in [0.29, 0.717) is 156 Å². The van der Waals surface area contributed by atoms with Crippen LogP contribution in [0.5, 0.6) is 0 Å². The van der Waals surface area contributed by atoms with Crippen molar-refractivity contribution in [2.45, 2.75) is 245 Å². The highest BCUT2D eigenvalue weighted by atomic mass is 16.5. The Labute approximate surface area is 647 Å². The Bertz CT molecular complexity index is 3290. The maximum absolute atomic E-state index is 14.7. The van der Waals surface area contributed by atoms with E-state index in [1.807, 2.05) is 75.5 Å². The van der Waals surface area contributed by atoms with Gasteiger partial charge in [-0.3, -0.25) is 28.8 Å². The van der Waals surface area contributed by atoms with Gasteiger partial charge in [0.15, 0.2) is 5.78 Å². The molecule has 3 aliphatic carbocycles. The summed E-state index contributed by atoms with van der Waals surface area (Å²) in [5, 5.41) is 14.9. The lowest BCUT2D eigenvalue weighted by Crippen LogP contribution is -2.42. The predicted octanol–water partition coefficient (Wildman–Crippen LogP) is 18.1. The average molecular weight is 1480 g/mol. The Morgan fingerprint density at radius 2 is 0.776 bits per heavy atom. The second-order valence-electron chi connectivity index (χ2n) is 31.4. The monoisotopic (exact) mass is 1480 g/mol. The lowest BCUT2D eigenvalue weighted by atomic mass is 9.72. The van der Waals surface area contributed by atoms with Gasteiger partial charge in [0.05, 0.1) is 52.3 Å². The van der Waals surface area contributed by atoms with Crippen LogP contribution in [0.3, 0.4) is 0 Å². The Morgan fingerprint density at radius 1 is 0.411 bits per heavy atom. The van der Waals surface area contributed by atoms with Crippen LogP contribution < -0.4 is 26.6 Å². The minimum atomic E-state index is -0.904. The molecule has 0 aromatic carbocycles. The Kier molecular flexibility index (Phi) is 47.2. The fourth-order valence-electron chi connectivity index (χ4n) is 13.6. The summed E-state index contributed by atoms with van der Waals surface area (Å²) in [6.07, 6.45) is 51.3. The molecule has 3 aliphatic rings. The molecule has 0 fully saturated rings. The van der Waals surface area contributed by atoms with Crippen molar-refractivity contribution in [1.82, 2.24) is 26.6 Å². The molecule has 0 aliphatic heterocycles. The van der Waals surface area contributed by atoms with Crippen molar-refractivity contribution in [2.24, 2.45) is 22.2 Å². The minimum absolute atomic E-state index is 0.0588. The van der Waals surface area contributed by atoms with E-state index < -0.39 is 17.9 Å². The van der Waals surface area contributed by atoms with Crippen molar-refractivity contribution in [3.8, 4) is 0 Å². The maximum Gasteiger partial charge on any atom is 0.244 e. The van der Waals surface area contributed by atoms with Gasteiger partial charge in [-0.05, 0) is 221 Å². The summed E-state index contributed by atoms with van der Waals surface area (Å²) in [5.41, 5.74) is 14.7. The molecule has 0 aromatic rings. The van der Waals surface area contributed by atoms with Crippen LogP contribution in [0.4, 0.5) is 0 Å². The zero-order valence-corrected chi connectivity index (χ0v) is 69.1. The number of ether oxygens (including phenoxy) is 5. The van der Waals surface area contributed by atoms with E-state index in [-0.39, 0.29) is 52.1 Å². The molecule has 5 amide bonds. The summed E-state index contributed by atoms with van der Waals surface area (Å²) in [6.45, 7) is 40.5. The Morgan fingerprint density at radius 3 is 1.19 bits per heavy atom. The summed E-state index contributed by atoms with van der Waals surface area (Å²) in [4.78, 5) is 81.1. The summed E-state index contributed by atoms with van der Waals surface area (Å²) in [5.74, 6) is -2.17. The molecular formula is C91H141N5O11. The third-order valence-corrected chi connectivity index (χ3v) is 19.9. The fraction of sp³-hybridized carbons (Fsp3) is 0.604. The molecule has 3 rings (SSSR count). The molecular weight excluding hydrogens is 1340 g/mol. The molecule has 0 aromatic heterocycles. The molecule has 596 valence electrons. The smallest absolute Gasteiger partial charge is 0.244 e.